The van der Waals surface area contributed by atoms with Crippen molar-refractivity contribution in [2.45, 2.75) is 51.8 Å². The number of hydrogen-bond donors (Lipinski definition) is 1. The van der Waals surface area contributed by atoms with Gasteiger partial charge in [-0.1, -0.05) is 31.5 Å². The fourth-order valence-electron chi connectivity index (χ4n) is 4.57. The van der Waals surface area contributed by atoms with Crippen LogP contribution in [0.4, 0.5) is 5.69 Å². The van der Waals surface area contributed by atoms with Crippen molar-refractivity contribution in [2.75, 3.05) is 37.7 Å². The highest BCUT2D eigenvalue weighted by Crippen LogP contribution is 2.22. The highest BCUT2D eigenvalue weighted by molar-refractivity contribution is 6.30. The predicted molar refractivity (Wildman–Crippen MR) is 113 cm³/mol. The Morgan fingerprint density at radius 1 is 1.28 bits per heavy atom. The van der Waals surface area contributed by atoms with Crippen LogP contribution >= 0.6 is 11.6 Å². The van der Waals surface area contributed by atoms with Crippen molar-refractivity contribution in [3.63, 3.8) is 0 Å². The molecule has 1 aromatic heterocycles. The van der Waals surface area contributed by atoms with Gasteiger partial charge in [0.15, 0.2) is 0 Å². The number of hydrogen-bond acceptors (Lipinski definition) is 5. The number of halogens is 1. The third-order valence-electron chi connectivity index (χ3n) is 6.05. The van der Waals surface area contributed by atoms with E-state index >= 15 is 0 Å². The molecule has 0 aliphatic carbocycles. The first-order valence-electron chi connectivity index (χ1n) is 10.8. The zero-order valence-electron chi connectivity index (χ0n) is 17.4. The van der Waals surface area contributed by atoms with Crippen molar-refractivity contribution < 1.29 is 9.64 Å². The van der Waals surface area contributed by atoms with Gasteiger partial charge in [-0.25, -0.2) is 4.68 Å². The third-order valence-corrected chi connectivity index (χ3v) is 6.29. The molecule has 0 unspecified atom stereocenters. The third kappa shape index (κ3) is 5.08. The van der Waals surface area contributed by atoms with Crippen LogP contribution in [0, 0.1) is 5.92 Å². The molecule has 2 saturated heterocycles. The first kappa shape index (κ1) is 20.6. The molecule has 1 aromatic carbocycles. The van der Waals surface area contributed by atoms with Crippen LogP contribution in [0.15, 0.2) is 24.3 Å². The lowest BCUT2D eigenvalue weighted by Crippen LogP contribution is -3.15. The number of anilines is 1. The van der Waals surface area contributed by atoms with Crippen LogP contribution in [0.1, 0.15) is 45.0 Å². The SMILES string of the molecule is CC(C)C[C@H](c1nnnn1C[C@H]1CCCO1)[NH+]1CCN(c2cccc(Cl)c2)CC1. The summed E-state index contributed by atoms with van der Waals surface area (Å²) in [7, 11) is 0. The lowest BCUT2D eigenvalue weighted by atomic mass is 10.0. The number of nitrogens with one attached hydrogen (secondary N) is 1. The average Bonchev–Trinajstić information content (AvgIpc) is 3.39. The van der Waals surface area contributed by atoms with E-state index in [-0.39, 0.29) is 6.10 Å². The molecule has 0 saturated carbocycles. The van der Waals surface area contributed by atoms with Gasteiger partial charge in [0.2, 0.25) is 5.82 Å². The zero-order chi connectivity index (χ0) is 20.2. The molecule has 158 valence electrons. The standard InChI is InChI=1S/C21H31ClN6O/c1-16(2)13-20(21-23-24-25-28(21)15-19-7-4-12-29-19)27-10-8-26(9-11-27)18-6-3-5-17(22)14-18/h3,5-6,14,16,19-20H,4,7-13,15H2,1-2H3/p+1/t19-,20-/m1/s1. The molecule has 0 spiro atoms. The second kappa shape index (κ2) is 9.41. The summed E-state index contributed by atoms with van der Waals surface area (Å²) in [5.74, 6) is 1.60. The van der Waals surface area contributed by atoms with E-state index in [0.29, 0.717) is 12.0 Å². The molecular formula is C21H32ClN6O+. The molecule has 2 fully saturated rings. The summed E-state index contributed by atoms with van der Waals surface area (Å²) in [6.07, 6.45) is 3.55. The number of rotatable bonds is 7. The topological polar surface area (TPSA) is 60.5 Å². The predicted octanol–water partition coefficient (Wildman–Crippen LogP) is 2.00. The Morgan fingerprint density at radius 3 is 2.79 bits per heavy atom. The summed E-state index contributed by atoms with van der Waals surface area (Å²) < 4.78 is 7.82. The maximum atomic E-state index is 6.19. The fraction of sp³-hybridized carbons (Fsp3) is 0.667. The first-order valence-corrected chi connectivity index (χ1v) is 11.2. The van der Waals surface area contributed by atoms with E-state index in [1.165, 1.54) is 5.69 Å². The number of benzene rings is 1. The van der Waals surface area contributed by atoms with Gasteiger partial charge in [0.1, 0.15) is 6.04 Å². The van der Waals surface area contributed by atoms with E-state index < -0.39 is 0 Å². The number of tetrazole rings is 1. The molecule has 3 heterocycles. The van der Waals surface area contributed by atoms with Crippen LogP contribution in [0.5, 0.6) is 0 Å². The van der Waals surface area contributed by atoms with E-state index in [1.807, 2.05) is 16.8 Å². The van der Waals surface area contributed by atoms with Crippen LogP contribution in [0.2, 0.25) is 5.02 Å². The highest BCUT2D eigenvalue weighted by atomic mass is 35.5. The van der Waals surface area contributed by atoms with Crippen molar-refractivity contribution in [3.8, 4) is 0 Å². The van der Waals surface area contributed by atoms with Crippen LogP contribution in [0.25, 0.3) is 0 Å². The summed E-state index contributed by atoms with van der Waals surface area (Å²) in [5.41, 5.74) is 1.21. The van der Waals surface area contributed by atoms with E-state index in [9.17, 15) is 0 Å². The number of quaternary nitrogens is 1. The van der Waals surface area contributed by atoms with Crippen LogP contribution in [0.3, 0.4) is 0 Å². The van der Waals surface area contributed by atoms with Gasteiger partial charge in [-0.15, -0.1) is 5.10 Å². The van der Waals surface area contributed by atoms with Gasteiger partial charge in [-0.05, 0) is 47.4 Å². The molecule has 29 heavy (non-hydrogen) atoms. The summed E-state index contributed by atoms with van der Waals surface area (Å²) >= 11 is 6.19. The van der Waals surface area contributed by atoms with E-state index in [4.69, 9.17) is 16.3 Å². The molecule has 0 bridgehead atoms. The molecule has 2 aromatic rings. The van der Waals surface area contributed by atoms with Gasteiger partial charge >= 0.3 is 0 Å². The smallest absolute Gasteiger partial charge is 0.209 e. The van der Waals surface area contributed by atoms with Gasteiger partial charge < -0.3 is 14.5 Å². The van der Waals surface area contributed by atoms with Crippen LogP contribution < -0.4 is 9.80 Å². The Labute approximate surface area is 178 Å². The minimum atomic E-state index is 0.242. The summed E-state index contributed by atoms with van der Waals surface area (Å²) in [6.45, 7) is 10.3. The van der Waals surface area contributed by atoms with Crippen LogP contribution in [-0.2, 0) is 11.3 Å². The quantitative estimate of drug-likeness (QED) is 0.743. The Bertz CT molecular complexity index is 783. The number of ether oxygens (including phenoxy) is 1. The van der Waals surface area contributed by atoms with E-state index in [1.54, 1.807) is 4.90 Å². The van der Waals surface area contributed by atoms with Gasteiger partial charge in [0, 0.05) is 23.7 Å². The minimum absolute atomic E-state index is 0.242. The Kier molecular flexibility index (Phi) is 6.67. The first-order chi connectivity index (χ1) is 14.1. The van der Waals surface area contributed by atoms with Crippen LogP contribution in [-0.4, -0.2) is 59.1 Å². The van der Waals surface area contributed by atoms with Crippen molar-refractivity contribution in [3.05, 3.63) is 35.1 Å². The zero-order valence-corrected chi connectivity index (χ0v) is 18.2. The van der Waals surface area contributed by atoms with E-state index in [0.717, 1.165) is 69.4 Å². The van der Waals surface area contributed by atoms with Crippen molar-refractivity contribution in [1.29, 1.82) is 0 Å². The average molecular weight is 420 g/mol. The Balaban J connectivity index is 1.46. The van der Waals surface area contributed by atoms with Crippen molar-refractivity contribution in [2.24, 2.45) is 5.92 Å². The van der Waals surface area contributed by atoms with Gasteiger partial charge in [-0.2, -0.15) is 0 Å². The van der Waals surface area contributed by atoms with Gasteiger partial charge in [0.05, 0.1) is 38.8 Å². The molecule has 8 heteroatoms. The minimum Gasteiger partial charge on any atom is -0.376 e. The largest absolute Gasteiger partial charge is 0.376 e. The van der Waals surface area contributed by atoms with Gasteiger partial charge in [0.25, 0.3) is 0 Å². The monoisotopic (exact) mass is 419 g/mol. The lowest BCUT2D eigenvalue weighted by molar-refractivity contribution is -0.934. The second-order valence-corrected chi connectivity index (χ2v) is 9.10. The maximum Gasteiger partial charge on any atom is 0.209 e. The van der Waals surface area contributed by atoms with Gasteiger partial charge in [-0.3, -0.25) is 0 Å². The second-order valence-electron chi connectivity index (χ2n) is 8.66. The number of aromatic nitrogens is 4. The summed E-state index contributed by atoms with van der Waals surface area (Å²) in [4.78, 5) is 4.00. The molecular weight excluding hydrogens is 388 g/mol. The molecule has 0 amide bonds. The molecule has 1 N–H and O–H groups in total. The molecule has 4 rings (SSSR count). The summed E-state index contributed by atoms with van der Waals surface area (Å²) in [6, 6.07) is 8.47. The Morgan fingerprint density at radius 2 is 2.10 bits per heavy atom. The fourth-order valence-corrected chi connectivity index (χ4v) is 4.76. The molecule has 7 nitrogen and oxygen atoms in total. The molecule has 2 aliphatic rings. The highest BCUT2D eigenvalue weighted by Gasteiger charge is 2.34. The number of piperazine rings is 1. The molecule has 2 aliphatic heterocycles. The normalized spacial score (nSPS) is 21.8. The lowest BCUT2D eigenvalue weighted by Gasteiger charge is -2.37. The maximum absolute atomic E-state index is 6.19. The Hall–Kier alpha value is -1.70. The molecule has 0 radical (unpaired) electrons. The summed E-state index contributed by atoms with van der Waals surface area (Å²) in [5, 5.41) is 13.6. The molecule has 2 atom stereocenters. The number of nitrogens with zero attached hydrogens (tertiary/aromatic N) is 5. The van der Waals surface area contributed by atoms with E-state index in [2.05, 4.69) is 46.4 Å². The van der Waals surface area contributed by atoms with Crippen molar-refractivity contribution >= 4 is 17.3 Å². The van der Waals surface area contributed by atoms with Crippen molar-refractivity contribution in [1.82, 2.24) is 20.2 Å².